The van der Waals surface area contributed by atoms with Gasteiger partial charge in [0.15, 0.2) is 0 Å². The summed E-state index contributed by atoms with van der Waals surface area (Å²) in [7, 11) is -1.79. The van der Waals surface area contributed by atoms with Crippen LogP contribution < -0.4 is 14.2 Å². The number of aryl methyl sites for hydroxylation is 2. The van der Waals surface area contributed by atoms with Crippen LogP contribution in [0.5, 0.6) is 11.5 Å². The Labute approximate surface area is 356 Å². The van der Waals surface area contributed by atoms with Crippen LogP contribution in [0.4, 0.5) is 0 Å². The van der Waals surface area contributed by atoms with Crippen LogP contribution in [0, 0.1) is 34.5 Å². The summed E-state index contributed by atoms with van der Waals surface area (Å²) in [4.78, 5) is 12.5. The molecule has 5 nitrogen and oxygen atoms in total. The average molecular weight is 828 g/mol. The molecule has 0 spiro atoms. The summed E-state index contributed by atoms with van der Waals surface area (Å²) in [5, 5.41) is 4.29. The molecule has 0 amide bonds. The maximum atomic E-state index is 12.5. The second-order valence-electron chi connectivity index (χ2n) is 23.3. The predicted molar refractivity (Wildman–Crippen MR) is 246 cm³/mol. The number of Topliss-reactive ketones (excluding diaryl/α,β-unsaturated/α-hetero) is 1. The lowest BCUT2D eigenvalue weighted by atomic mass is 9.55. The van der Waals surface area contributed by atoms with Crippen LogP contribution in [0.25, 0.3) is 0 Å². The van der Waals surface area contributed by atoms with Gasteiger partial charge in [0.25, 0.3) is 0 Å². The van der Waals surface area contributed by atoms with Crippen molar-refractivity contribution in [1.82, 2.24) is 5.32 Å². The first-order chi connectivity index (χ1) is 27.1. The Bertz CT molecular complexity index is 1810. The highest BCUT2D eigenvalue weighted by atomic mass is 28.4. The zero-order valence-corrected chi connectivity index (χ0v) is 41.0. The number of benzene rings is 2. The van der Waals surface area contributed by atoms with Crippen LogP contribution in [0.15, 0.2) is 36.4 Å². The van der Waals surface area contributed by atoms with Crippen LogP contribution in [-0.4, -0.2) is 48.7 Å². The highest BCUT2D eigenvalue weighted by molar-refractivity contribution is 6.75. The van der Waals surface area contributed by atoms with E-state index in [0.29, 0.717) is 35.0 Å². The van der Waals surface area contributed by atoms with Crippen LogP contribution >= 0.6 is 0 Å². The normalized spacial score (nSPS) is 33.1. The third-order valence-corrected chi connectivity index (χ3v) is 26.9. The Kier molecular flexibility index (Phi) is 12.2. The first-order valence-corrected chi connectivity index (χ1v) is 29.3. The number of carbonyl (C=O) groups excluding carboxylic acids is 1. The van der Waals surface area contributed by atoms with Gasteiger partial charge < -0.3 is 18.9 Å². The monoisotopic (exact) mass is 828 g/mol. The number of nitrogens with one attached hydrogen (secondary N) is 1. The highest BCUT2D eigenvalue weighted by Crippen LogP contribution is 2.62. The Morgan fingerprint density at radius 3 is 1.71 bits per heavy atom. The molecular formula is C51H81NO4Si2. The maximum Gasteiger partial charge on any atom is 0.250 e. The zero-order valence-electron chi connectivity index (χ0n) is 39.0. The van der Waals surface area contributed by atoms with Gasteiger partial charge in [0.05, 0.1) is 6.61 Å². The van der Waals surface area contributed by atoms with Crippen LogP contribution in [-0.2, 0) is 22.4 Å². The number of fused-ring (bicyclic) bond motifs is 10. The minimum absolute atomic E-state index is 0.0238. The first kappa shape index (κ1) is 44.1. The van der Waals surface area contributed by atoms with Gasteiger partial charge >= 0.3 is 0 Å². The van der Waals surface area contributed by atoms with Crippen molar-refractivity contribution in [2.24, 2.45) is 34.5 Å². The van der Waals surface area contributed by atoms with E-state index in [0.717, 1.165) is 68.1 Å². The molecule has 0 aromatic heterocycles. The van der Waals surface area contributed by atoms with Gasteiger partial charge in [-0.05, 0) is 194 Å². The number of ether oxygens (including phenoxy) is 1. The average Bonchev–Trinajstić information content (AvgIpc) is 3.65. The van der Waals surface area contributed by atoms with E-state index in [2.05, 4.69) is 123 Å². The first-order valence-electron chi connectivity index (χ1n) is 23.5. The van der Waals surface area contributed by atoms with E-state index in [1.807, 2.05) is 0 Å². The van der Waals surface area contributed by atoms with E-state index in [1.165, 1.54) is 56.9 Å². The fourth-order valence-corrected chi connectivity index (χ4v) is 14.6. The Hall–Kier alpha value is -1.94. The molecule has 9 atom stereocenters. The van der Waals surface area contributed by atoms with E-state index < -0.39 is 16.6 Å². The van der Waals surface area contributed by atoms with Crippen molar-refractivity contribution in [3.05, 3.63) is 58.7 Å². The van der Waals surface area contributed by atoms with Crippen LogP contribution in [0.2, 0.25) is 36.3 Å². The Morgan fingerprint density at radius 1 is 0.672 bits per heavy atom. The molecular weight excluding hydrogens is 747 g/mol. The molecule has 2 aromatic rings. The molecule has 4 saturated carbocycles. The van der Waals surface area contributed by atoms with E-state index >= 15 is 0 Å². The molecule has 0 heterocycles. The molecule has 6 aliphatic carbocycles. The van der Waals surface area contributed by atoms with Crippen molar-refractivity contribution >= 4 is 22.4 Å². The van der Waals surface area contributed by atoms with E-state index in [-0.39, 0.29) is 15.5 Å². The van der Waals surface area contributed by atoms with Crippen LogP contribution in [0.3, 0.4) is 0 Å². The molecule has 6 aliphatic rings. The minimum atomic E-state index is -1.80. The molecule has 2 aromatic carbocycles. The van der Waals surface area contributed by atoms with Gasteiger partial charge in [0.2, 0.25) is 16.6 Å². The molecule has 58 heavy (non-hydrogen) atoms. The van der Waals surface area contributed by atoms with Gasteiger partial charge in [-0.2, -0.15) is 0 Å². The van der Waals surface area contributed by atoms with Crippen LogP contribution in [0.1, 0.15) is 154 Å². The van der Waals surface area contributed by atoms with Gasteiger partial charge in [0, 0.05) is 31.5 Å². The predicted octanol–water partition coefficient (Wildman–Crippen LogP) is 13.0. The lowest BCUT2D eigenvalue weighted by Gasteiger charge is -2.51. The third-order valence-electron chi connectivity index (χ3n) is 18.2. The van der Waals surface area contributed by atoms with Crippen molar-refractivity contribution < 1.29 is 18.4 Å². The molecule has 0 aliphatic heterocycles. The van der Waals surface area contributed by atoms with Gasteiger partial charge in [-0.3, -0.25) is 4.79 Å². The molecule has 8 rings (SSSR count). The molecule has 0 saturated heterocycles. The molecule has 1 N–H and O–H groups in total. The number of methoxy groups -OCH3 is 1. The van der Waals surface area contributed by atoms with Crippen molar-refractivity contribution in [1.29, 1.82) is 0 Å². The summed E-state index contributed by atoms with van der Waals surface area (Å²) in [6, 6.07) is 14.7. The molecule has 6 unspecified atom stereocenters. The van der Waals surface area contributed by atoms with Gasteiger partial charge in [0.1, 0.15) is 17.3 Å². The van der Waals surface area contributed by atoms with E-state index in [9.17, 15) is 4.79 Å². The standard InChI is InChI=1S/C27H45NO2Si.C24H36O2Si/c1-26(2,3)31(6,7)30-20-9-11-21-19(18-20)8-10-23-22(21)14-15-27(4)24(23)12-13-25(27)28-16-17-29-5;1-23(2,3)27(5,6)26-17-8-10-18-16(15-17)7-9-20-19(18)13-14-24(4)21(20)11-12-22(24)25/h9,11,18,22-25,28H,8,10,12-17H2,1-7H3;8,10,15,19-21H,7,9,11-14H2,1-6H3/t22?,23?,24?,25-,27-;19?,20?,21?,24-/m00/s1. The SMILES string of the molecule is CC(C)(C)[Si](C)(C)Oc1ccc2c(c1)CCC1C2CC[C@]2(C)C(=O)CCC12.COCCN[C@H]1CCC2C3CCc4cc(O[Si](C)(C)C(C)(C)C)ccc4C3CC[C@@]21C. The van der Waals surface area contributed by atoms with Gasteiger partial charge in [-0.15, -0.1) is 0 Å². The van der Waals surface area contributed by atoms with E-state index in [1.54, 1.807) is 23.8 Å². The summed E-state index contributed by atoms with van der Waals surface area (Å²) < 4.78 is 18.5. The smallest absolute Gasteiger partial charge is 0.250 e. The largest absolute Gasteiger partial charge is 0.543 e. The quantitative estimate of drug-likeness (QED) is 0.212. The Morgan fingerprint density at radius 2 is 1.19 bits per heavy atom. The summed E-state index contributed by atoms with van der Waals surface area (Å²) >= 11 is 0. The number of carbonyl (C=O) groups is 1. The number of rotatable bonds is 8. The van der Waals surface area contributed by atoms with Gasteiger partial charge in [-0.25, -0.2) is 0 Å². The van der Waals surface area contributed by atoms with Crippen molar-refractivity contribution in [2.75, 3.05) is 20.3 Å². The van der Waals surface area contributed by atoms with E-state index in [4.69, 9.17) is 13.6 Å². The lowest BCUT2D eigenvalue weighted by molar-refractivity contribution is -0.129. The molecule has 4 fully saturated rings. The van der Waals surface area contributed by atoms with Crippen molar-refractivity contribution in [3.63, 3.8) is 0 Å². The minimum Gasteiger partial charge on any atom is -0.543 e. The van der Waals surface area contributed by atoms with Crippen molar-refractivity contribution in [2.45, 2.75) is 187 Å². The number of ketones is 1. The maximum absolute atomic E-state index is 12.5. The number of hydrogen-bond acceptors (Lipinski definition) is 5. The topological polar surface area (TPSA) is 56.8 Å². The number of hydrogen-bond donors (Lipinski definition) is 1. The van der Waals surface area contributed by atoms with Gasteiger partial charge in [-0.1, -0.05) is 67.5 Å². The Balaban J connectivity index is 0.000000178. The fourth-order valence-electron chi connectivity index (χ4n) is 12.6. The lowest BCUT2D eigenvalue weighted by Crippen LogP contribution is -2.49. The fraction of sp³-hybridized carbons (Fsp3) is 0.745. The zero-order chi connectivity index (χ0) is 42.1. The molecule has 7 heteroatoms. The second-order valence-corrected chi connectivity index (χ2v) is 32.8. The molecule has 322 valence electrons. The second kappa shape index (κ2) is 16.1. The highest BCUT2D eigenvalue weighted by Gasteiger charge is 2.56. The third kappa shape index (κ3) is 8.10. The molecule has 0 bridgehead atoms. The summed E-state index contributed by atoms with van der Waals surface area (Å²) in [6.07, 6.45) is 14.6. The summed E-state index contributed by atoms with van der Waals surface area (Å²) in [6.45, 7) is 29.8. The summed E-state index contributed by atoms with van der Waals surface area (Å²) in [5.41, 5.74) is 6.68. The van der Waals surface area contributed by atoms with Crippen molar-refractivity contribution in [3.8, 4) is 11.5 Å². The summed E-state index contributed by atoms with van der Waals surface area (Å²) in [5.74, 6) is 7.14. The molecule has 0 radical (unpaired) electrons.